The molecule has 1 aromatic heterocycles. The molecule has 4 aromatic rings. The molecule has 0 aliphatic carbocycles. The number of fused-ring (bicyclic) bond motifs is 3. The van der Waals surface area contributed by atoms with Gasteiger partial charge in [0.15, 0.2) is 0 Å². The summed E-state index contributed by atoms with van der Waals surface area (Å²) in [6.07, 6.45) is 0.317. The summed E-state index contributed by atoms with van der Waals surface area (Å²) in [6, 6.07) is 20.4. The molecular formula is C25H20BrClN2O3. The molecule has 1 aliphatic heterocycles. The number of halogens is 2. The fourth-order valence-corrected chi connectivity index (χ4v) is 5.02. The van der Waals surface area contributed by atoms with Crippen LogP contribution in [0.2, 0.25) is 5.02 Å². The number of benzene rings is 3. The molecule has 5 nitrogen and oxygen atoms in total. The monoisotopic (exact) mass is 510 g/mol. The maximum absolute atomic E-state index is 13.3. The van der Waals surface area contributed by atoms with Gasteiger partial charge in [-0.05, 0) is 66.1 Å². The Morgan fingerprint density at radius 3 is 2.50 bits per heavy atom. The molecule has 32 heavy (non-hydrogen) atoms. The molecule has 7 heteroatoms. The van der Waals surface area contributed by atoms with E-state index >= 15 is 0 Å². The SMILES string of the molecule is COc1ccc(C2c3[nH]c4cccc(Br)c4c3CCN2C(=O)Oc2ccc(Cl)cc2)cc1. The van der Waals surface area contributed by atoms with Crippen LogP contribution in [0.3, 0.4) is 0 Å². The summed E-state index contributed by atoms with van der Waals surface area (Å²) in [4.78, 5) is 18.6. The van der Waals surface area contributed by atoms with Crippen molar-refractivity contribution >= 4 is 44.5 Å². The Morgan fingerprint density at radius 2 is 1.78 bits per heavy atom. The molecule has 0 radical (unpaired) electrons. The lowest BCUT2D eigenvalue weighted by Crippen LogP contribution is -2.42. The van der Waals surface area contributed by atoms with Gasteiger partial charge in [0.1, 0.15) is 17.5 Å². The van der Waals surface area contributed by atoms with Crippen molar-refractivity contribution in [2.45, 2.75) is 12.5 Å². The minimum Gasteiger partial charge on any atom is -0.497 e. The summed E-state index contributed by atoms with van der Waals surface area (Å²) in [6.45, 7) is 0.532. The first-order valence-electron chi connectivity index (χ1n) is 10.2. The summed E-state index contributed by atoms with van der Waals surface area (Å²) in [7, 11) is 1.64. The molecule has 0 fully saturated rings. The van der Waals surface area contributed by atoms with Crippen LogP contribution in [0.25, 0.3) is 10.9 Å². The third-order valence-electron chi connectivity index (χ3n) is 5.78. The van der Waals surface area contributed by atoms with Gasteiger partial charge >= 0.3 is 6.09 Å². The van der Waals surface area contributed by atoms with E-state index in [-0.39, 0.29) is 6.04 Å². The van der Waals surface area contributed by atoms with Gasteiger partial charge in [0.2, 0.25) is 0 Å². The van der Waals surface area contributed by atoms with E-state index in [1.54, 1.807) is 36.3 Å². The Labute approximate surface area is 199 Å². The first-order chi connectivity index (χ1) is 15.5. The van der Waals surface area contributed by atoms with Crippen LogP contribution < -0.4 is 9.47 Å². The number of methoxy groups -OCH3 is 1. The highest BCUT2D eigenvalue weighted by atomic mass is 79.9. The Bertz CT molecular complexity index is 1290. The Morgan fingerprint density at radius 1 is 1.06 bits per heavy atom. The third-order valence-corrected chi connectivity index (χ3v) is 6.70. The van der Waals surface area contributed by atoms with E-state index in [1.165, 1.54) is 5.56 Å². The summed E-state index contributed by atoms with van der Waals surface area (Å²) in [5.41, 5.74) is 4.22. The summed E-state index contributed by atoms with van der Waals surface area (Å²) in [5, 5.41) is 1.75. The lowest BCUT2D eigenvalue weighted by Gasteiger charge is -2.35. The zero-order chi connectivity index (χ0) is 22.2. The van der Waals surface area contributed by atoms with E-state index in [4.69, 9.17) is 21.1 Å². The largest absolute Gasteiger partial charge is 0.497 e. The molecule has 0 saturated carbocycles. The van der Waals surface area contributed by atoms with E-state index in [1.807, 2.05) is 36.4 Å². The average molecular weight is 512 g/mol. The standard InChI is InChI=1S/C25H20BrClN2O3/c1-31-17-9-5-15(6-10-17)24-23-19(22-20(26)3-2-4-21(22)28-23)13-14-29(24)25(30)32-18-11-7-16(27)8-12-18/h2-12,24,28H,13-14H2,1H3. The highest BCUT2D eigenvalue weighted by molar-refractivity contribution is 9.10. The number of hydrogen-bond acceptors (Lipinski definition) is 3. The van der Waals surface area contributed by atoms with Crippen molar-refractivity contribution in [3.05, 3.63) is 93.0 Å². The van der Waals surface area contributed by atoms with Crippen molar-refractivity contribution in [3.63, 3.8) is 0 Å². The first-order valence-corrected chi connectivity index (χ1v) is 11.4. The van der Waals surface area contributed by atoms with Crippen LogP contribution in [0.5, 0.6) is 11.5 Å². The number of amides is 1. The lowest BCUT2D eigenvalue weighted by atomic mass is 9.92. The molecule has 0 bridgehead atoms. The number of hydrogen-bond donors (Lipinski definition) is 1. The van der Waals surface area contributed by atoms with Gasteiger partial charge < -0.3 is 14.5 Å². The predicted molar refractivity (Wildman–Crippen MR) is 129 cm³/mol. The van der Waals surface area contributed by atoms with Gasteiger partial charge in [-0.25, -0.2) is 4.79 Å². The number of carbonyl (C=O) groups excluding carboxylic acids is 1. The maximum atomic E-state index is 13.3. The van der Waals surface area contributed by atoms with Crippen LogP contribution in [0.4, 0.5) is 4.79 Å². The average Bonchev–Trinajstić information content (AvgIpc) is 3.20. The van der Waals surface area contributed by atoms with Crippen molar-refractivity contribution in [2.24, 2.45) is 0 Å². The van der Waals surface area contributed by atoms with Gasteiger partial charge in [0.05, 0.1) is 7.11 Å². The number of ether oxygens (including phenoxy) is 2. The summed E-state index contributed by atoms with van der Waals surface area (Å²) in [5.74, 6) is 1.22. The van der Waals surface area contributed by atoms with E-state index in [0.29, 0.717) is 17.3 Å². The van der Waals surface area contributed by atoms with E-state index in [9.17, 15) is 4.79 Å². The zero-order valence-corrected chi connectivity index (χ0v) is 19.6. The second kappa shape index (κ2) is 8.52. The molecule has 3 aromatic carbocycles. The van der Waals surface area contributed by atoms with Crippen molar-refractivity contribution < 1.29 is 14.3 Å². The lowest BCUT2D eigenvalue weighted by molar-refractivity contribution is 0.135. The molecule has 162 valence electrons. The molecule has 1 aliphatic rings. The van der Waals surface area contributed by atoms with Gasteiger partial charge in [-0.1, -0.05) is 45.7 Å². The van der Waals surface area contributed by atoms with Gasteiger partial charge in [-0.2, -0.15) is 0 Å². The fraction of sp³-hybridized carbons (Fsp3) is 0.160. The number of nitrogens with one attached hydrogen (secondary N) is 1. The van der Waals surface area contributed by atoms with Crippen LogP contribution >= 0.6 is 27.5 Å². The number of aromatic amines is 1. The molecular weight excluding hydrogens is 492 g/mol. The van der Waals surface area contributed by atoms with Crippen LogP contribution in [0, 0.1) is 0 Å². The van der Waals surface area contributed by atoms with Crippen molar-refractivity contribution in [1.82, 2.24) is 9.88 Å². The molecule has 2 heterocycles. The Balaban J connectivity index is 1.58. The zero-order valence-electron chi connectivity index (χ0n) is 17.3. The number of nitrogens with zero attached hydrogens (tertiary/aromatic N) is 1. The number of H-pyrrole nitrogens is 1. The van der Waals surface area contributed by atoms with Gasteiger partial charge in [0, 0.05) is 32.6 Å². The second-order valence-electron chi connectivity index (χ2n) is 7.62. The molecule has 1 N–H and O–H groups in total. The van der Waals surface area contributed by atoms with Crippen LogP contribution in [-0.4, -0.2) is 29.6 Å². The topological polar surface area (TPSA) is 54.6 Å². The van der Waals surface area contributed by atoms with E-state index in [0.717, 1.165) is 38.8 Å². The van der Waals surface area contributed by atoms with Crippen molar-refractivity contribution in [1.29, 1.82) is 0 Å². The molecule has 5 rings (SSSR count). The minimum atomic E-state index is -0.406. The molecule has 1 unspecified atom stereocenters. The quantitative estimate of drug-likeness (QED) is 0.331. The van der Waals surface area contributed by atoms with Crippen molar-refractivity contribution in [2.75, 3.05) is 13.7 Å². The molecule has 0 spiro atoms. The maximum Gasteiger partial charge on any atom is 0.416 e. The van der Waals surface area contributed by atoms with Gasteiger partial charge in [0.25, 0.3) is 0 Å². The molecule has 0 saturated heterocycles. The third kappa shape index (κ3) is 3.74. The Kier molecular flexibility index (Phi) is 5.57. The van der Waals surface area contributed by atoms with E-state index in [2.05, 4.69) is 27.0 Å². The normalized spacial score (nSPS) is 15.5. The smallest absolute Gasteiger partial charge is 0.416 e. The number of aromatic nitrogens is 1. The van der Waals surface area contributed by atoms with E-state index < -0.39 is 6.09 Å². The van der Waals surface area contributed by atoms with Gasteiger partial charge in [-0.3, -0.25) is 4.90 Å². The summed E-state index contributed by atoms with van der Waals surface area (Å²) >= 11 is 9.66. The Hall–Kier alpha value is -2.96. The highest BCUT2D eigenvalue weighted by Crippen LogP contribution is 2.41. The van der Waals surface area contributed by atoms with Crippen molar-refractivity contribution in [3.8, 4) is 11.5 Å². The number of rotatable bonds is 3. The van der Waals surface area contributed by atoms with Crippen LogP contribution in [0.1, 0.15) is 22.9 Å². The fourth-order valence-electron chi connectivity index (χ4n) is 4.29. The number of carbonyl (C=O) groups is 1. The minimum absolute atomic E-state index is 0.316. The van der Waals surface area contributed by atoms with Crippen LogP contribution in [-0.2, 0) is 6.42 Å². The molecule has 1 amide bonds. The predicted octanol–water partition coefficient (Wildman–Crippen LogP) is 6.74. The second-order valence-corrected chi connectivity index (χ2v) is 8.91. The van der Waals surface area contributed by atoms with Gasteiger partial charge in [-0.15, -0.1) is 0 Å². The molecule has 1 atom stereocenters. The summed E-state index contributed by atoms with van der Waals surface area (Å²) < 4.78 is 12.1. The van der Waals surface area contributed by atoms with Crippen LogP contribution in [0.15, 0.2) is 71.2 Å². The first kappa shape index (κ1) is 20.9. The highest BCUT2D eigenvalue weighted by Gasteiger charge is 2.36.